The van der Waals surface area contributed by atoms with E-state index in [0.29, 0.717) is 25.0 Å². The molecule has 0 unspecified atom stereocenters. The van der Waals surface area contributed by atoms with Crippen LogP contribution in [0.4, 0.5) is 13.6 Å². The normalized spacial score (nSPS) is 18.1. The Hall–Kier alpha value is -1.73. The molecule has 1 fully saturated rings. The van der Waals surface area contributed by atoms with Crippen molar-refractivity contribution in [3.8, 4) is 0 Å². The highest BCUT2D eigenvalue weighted by Crippen LogP contribution is 2.27. The van der Waals surface area contributed by atoms with Gasteiger partial charge in [0.15, 0.2) is 0 Å². The molecule has 0 aliphatic carbocycles. The number of carbonyl (C=O) groups is 1. The maximum Gasteiger partial charge on any atom is 0.412 e. The van der Waals surface area contributed by atoms with Crippen molar-refractivity contribution in [2.45, 2.75) is 77.4 Å². The lowest BCUT2D eigenvalue weighted by atomic mass is 9.97. The van der Waals surface area contributed by atoms with E-state index in [0.717, 1.165) is 6.07 Å². The molecule has 2 rings (SSSR count). The Morgan fingerprint density at radius 2 is 1.81 bits per heavy atom. The molecule has 5 nitrogen and oxygen atoms in total. The van der Waals surface area contributed by atoms with Crippen LogP contribution in [0.2, 0.25) is 0 Å². The fraction of sp³-hybridized carbons (Fsp3) is 0.650. The molecule has 1 aromatic carbocycles. The Morgan fingerprint density at radius 1 is 1.26 bits per heavy atom. The Morgan fingerprint density at radius 3 is 2.26 bits per heavy atom. The second-order valence-electron chi connectivity index (χ2n) is 8.51. The van der Waals surface area contributed by atoms with Gasteiger partial charge in [0.1, 0.15) is 23.0 Å². The van der Waals surface area contributed by atoms with Crippen LogP contribution in [0.15, 0.2) is 18.2 Å². The van der Waals surface area contributed by atoms with Crippen LogP contribution in [0, 0.1) is 11.6 Å². The number of hydrogen-bond donors (Lipinski definition) is 1. The number of hydrogen-bond acceptors (Lipinski definition) is 4. The predicted octanol–water partition coefficient (Wildman–Crippen LogP) is 4.02. The van der Waals surface area contributed by atoms with Crippen LogP contribution in [0.3, 0.4) is 0 Å². The van der Waals surface area contributed by atoms with Crippen LogP contribution in [0.1, 0.15) is 53.0 Å². The van der Waals surface area contributed by atoms with E-state index >= 15 is 0 Å². The number of ether oxygens (including phenoxy) is 2. The highest BCUT2D eigenvalue weighted by Gasteiger charge is 2.38. The Labute approximate surface area is 159 Å². The standard InChI is InChI=1S/C20H29F2NO4/c1-19(2,3)27-18(24)23(20(4,5)25)16(6-7-17-12-26-17)10-13-8-14(21)11-15(22)9-13/h8-9,11,16-17,25H,6-7,10,12H2,1-5H3/t16-,17-/m1/s1. The van der Waals surface area contributed by atoms with Crippen LogP contribution in [0.5, 0.6) is 0 Å². The van der Waals surface area contributed by atoms with Gasteiger partial charge in [-0.2, -0.15) is 0 Å². The van der Waals surface area contributed by atoms with Gasteiger partial charge in [-0.3, -0.25) is 4.90 Å². The topological polar surface area (TPSA) is 62.3 Å². The van der Waals surface area contributed by atoms with Gasteiger partial charge in [0.05, 0.1) is 12.7 Å². The highest BCUT2D eigenvalue weighted by molar-refractivity contribution is 5.69. The minimum atomic E-state index is -1.51. The van der Waals surface area contributed by atoms with Crippen molar-refractivity contribution < 1.29 is 28.2 Å². The number of carbonyl (C=O) groups excluding carboxylic acids is 1. The van der Waals surface area contributed by atoms with Crippen molar-refractivity contribution in [2.24, 2.45) is 0 Å². The number of benzene rings is 1. The van der Waals surface area contributed by atoms with E-state index in [-0.39, 0.29) is 12.5 Å². The molecule has 27 heavy (non-hydrogen) atoms. The average molecular weight is 385 g/mol. The summed E-state index contributed by atoms with van der Waals surface area (Å²) in [5.41, 5.74) is -1.84. The van der Waals surface area contributed by atoms with Crippen molar-refractivity contribution in [2.75, 3.05) is 6.61 Å². The quantitative estimate of drug-likeness (QED) is 0.569. The highest BCUT2D eigenvalue weighted by atomic mass is 19.1. The number of aliphatic hydroxyl groups is 1. The number of rotatable bonds is 7. The van der Waals surface area contributed by atoms with Gasteiger partial charge in [-0.15, -0.1) is 0 Å². The molecule has 1 heterocycles. The Kier molecular flexibility index (Phi) is 6.47. The first-order valence-electron chi connectivity index (χ1n) is 9.16. The van der Waals surface area contributed by atoms with Crippen LogP contribution >= 0.6 is 0 Å². The molecule has 1 aliphatic heterocycles. The molecule has 0 saturated carbocycles. The third-order valence-electron chi connectivity index (χ3n) is 4.16. The Bertz CT molecular complexity index is 643. The van der Waals surface area contributed by atoms with Crippen LogP contribution < -0.4 is 0 Å². The van der Waals surface area contributed by atoms with E-state index in [4.69, 9.17) is 9.47 Å². The van der Waals surface area contributed by atoms with Crippen molar-refractivity contribution >= 4 is 6.09 Å². The minimum Gasteiger partial charge on any atom is -0.444 e. The zero-order chi connectivity index (χ0) is 20.4. The summed E-state index contributed by atoms with van der Waals surface area (Å²) in [5, 5.41) is 10.6. The minimum absolute atomic E-state index is 0.124. The van der Waals surface area contributed by atoms with Gasteiger partial charge in [-0.1, -0.05) is 0 Å². The van der Waals surface area contributed by atoms with Crippen LogP contribution in [-0.4, -0.2) is 46.2 Å². The summed E-state index contributed by atoms with van der Waals surface area (Å²) in [4.78, 5) is 14.0. The molecule has 0 aromatic heterocycles. The lowest BCUT2D eigenvalue weighted by Gasteiger charge is -2.41. The van der Waals surface area contributed by atoms with Gasteiger partial charge in [0, 0.05) is 12.1 Å². The summed E-state index contributed by atoms with van der Waals surface area (Å²) in [6, 6.07) is 2.77. The third kappa shape index (κ3) is 7.07. The van der Waals surface area contributed by atoms with E-state index in [2.05, 4.69) is 0 Å². The largest absolute Gasteiger partial charge is 0.444 e. The van der Waals surface area contributed by atoms with Crippen molar-refractivity contribution in [3.63, 3.8) is 0 Å². The van der Waals surface area contributed by atoms with Gasteiger partial charge >= 0.3 is 6.09 Å². The summed E-state index contributed by atoms with van der Waals surface area (Å²) in [6.07, 6.45) is 0.821. The monoisotopic (exact) mass is 385 g/mol. The molecule has 1 N–H and O–H groups in total. The molecular formula is C20H29F2NO4. The first kappa shape index (κ1) is 21.6. The summed E-state index contributed by atoms with van der Waals surface area (Å²) in [7, 11) is 0. The summed E-state index contributed by atoms with van der Waals surface area (Å²) in [5.74, 6) is -1.36. The van der Waals surface area contributed by atoms with Crippen LogP contribution in [-0.2, 0) is 15.9 Å². The van der Waals surface area contributed by atoms with E-state index in [1.54, 1.807) is 20.8 Å². The van der Waals surface area contributed by atoms with Crippen molar-refractivity contribution in [3.05, 3.63) is 35.4 Å². The zero-order valence-electron chi connectivity index (χ0n) is 16.6. The maximum absolute atomic E-state index is 13.6. The lowest BCUT2D eigenvalue weighted by Crippen LogP contribution is -2.55. The van der Waals surface area contributed by atoms with Gasteiger partial charge in [0.25, 0.3) is 0 Å². The van der Waals surface area contributed by atoms with E-state index in [1.165, 1.54) is 30.9 Å². The third-order valence-corrected chi connectivity index (χ3v) is 4.16. The SMILES string of the molecule is CC(C)(C)OC(=O)N([C@H](CC[C@@H]1CO1)Cc1cc(F)cc(F)c1)C(C)(C)O. The molecule has 0 bridgehead atoms. The first-order valence-corrected chi connectivity index (χ1v) is 9.16. The molecule has 1 aliphatic rings. The van der Waals surface area contributed by atoms with Gasteiger partial charge < -0.3 is 14.6 Å². The second-order valence-corrected chi connectivity index (χ2v) is 8.51. The number of halogens is 2. The smallest absolute Gasteiger partial charge is 0.412 e. The predicted molar refractivity (Wildman–Crippen MR) is 97.2 cm³/mol. The molecule has 2 atom stereocenters. The molecule has 7 heteroatoms. The maximum atomic E-state index is 13.6. The summed E-state index contributed by atoms with van der Waals surface area (Å²) < 4.78 is 37.9. The number of nitrogens with zero attached hydrogens (tertiary/aromatic N) is 1. The molecular weight excluding hydrogens is 356 g/mol. The van der Waals surface area contributed by atoms with Gasteiger partial charge in [-0.25, -0.2) is 13.6 Å². The zero-order valence-corrected chi connectivity index (χ0v) is 16.6. The summed E-state index contributed by atoms with van der Waals surface area (Å²) >= 11 is 0. The number of epoxide rings is 1. The first-order chi connectivity index (χ1) is 12.3. The second kappa shape index (κ2) is 8.10. The van der Waals surface area contributed by atoms with E-state index < -0.39 is 35.1 Å². The number of amides is 1. The average Bonchev–Trinajstić information content (AvgIpc) is 3.24. The van der Waals surface area contributed by atoms with E-state index in [1.807, 2.05) is 0 Å². The lowest BCUT2D eigenvalue weighted by molar-refractivity contribution is -0.102. The summed E-state index contributed by atoms with van der Waals surface area (Å²) in [6.45, 7) is 8.86. The fourth-order valence-corrected chi connectivity index (χ4v) is 3.07. The molecule has 1 amide bonds. The van der Waals surface area contributed by atoms with Gasteiger partial charge in [0.2, 0.25) is 0 Å². The molecule has 0 radical (unpaired) electrons. The van der Waals surface area contributed by atoms with E-state index in [9.17, 15) is 18.7 Å². The Balaban J connectivity index is 2.29. The van der Waals surface area contributed by atoms with Crippen LogP contribution in [0.25, 0.3) is 0 Å². The molecule has 0 spiro atoms. The van der Waals surface area contributed by atoms with Crippen molar-refractivity contribution in [1.29, 1.82) is 0 Å². The molecule has 1 aromatic rings. The molecule has 1 saturated heterocycles. The fourth-order valence-electron chi connectivity index (χ4n) is 3.07. The molecule has 152 valence electrons. The van der Waals surface area contributed by atoms with Gasteiger partial charge in [-0.05, 0) is 71.6 Å². The van der Waals surface area contributed by atoms with Crippen molar-refractivity contribution in [1.82, 2.24) is 4.90 Å².